The molecular formula is C15H23NO. The Kier molecular flexibility index (Phi) is 3.72. The third kappa shape index (κ3) is 2.81. The molecule has 1 atom stereocenters. The fraction of sp³-hybridized carbons (Fsp3) is 0.600. The average Bonchev–Trinajstić information content (AvgIpc) is 3.13. The summed E-state index contributed by atoms with van der Waals surface area (Å²) in [7, 11) is 0. The van der Waals surface area contributed by atoms with Gasteiger partial charge < -0.3 is 10.4 Å². The van der Waals surface area contributed by atoms with E-state index in [1.54, 1.807) is 6.07 Å². The number of rotatable bonds is 6. The second kappa shape index (κ2) is 5.09. The van der Waals surface area contributed by atoms with Crippen LogP contribution in [0.5, 0.6) is 5.75 Å². The van der Waals surface area contributed by atoms with Gasteiger partial charge >= 0.3 is 0 Å². The molecule has 1 saturated carbocycles. The second-order valence-corrected chi connectivity index (χ2v) is 5.25. The van der Waals surface area contributed by atoms with Crippen LogP contribution in [0.15, 0.2) is 24.3 Å². The van der Waals surface area contributed by atoms with E-state index >= 15 is 0 Å². The number of hydrogen-bond donors (Lipinski definition) is 2. The zero-order valence-electron chi connectivity index (χ0n) is 10.9. The minimum atomic E-state index is 0.278. The van der Waals surface area contributed by atoms with Crippen LogP contribution >= 0.6 is 0 Å². The van der Waals surface area contributed by atoms with Crippen LogP contribution in [0.1, 0.15) is 51.1 Å². The van der Waals surface area contributed by atoms with E-state index < -0.39 is 0 Å². The summed E-state index contributed by atoms with van der Waals surface area (Å²) >= 11 is 0. The molecule has 0 radical (unpaired) electrons. The van der Waals surface area contributed by atoms with E-state index in [1.165, 1.54) is 19.3 Å². The molecule has 1 fully saturated rings. The van der Waals surface area contributed by atoms with E-state index in [4.69, 9.17) is 0 Å². The highest BCUT2D eigenvalue weighted by molar-refractivity contribution is 5.34. The number of phenolic OH excluding ortho intramolecular Hbond substituents is 1. The second-order valence-electron chi connectivity index (χ2n) is 5.25. The van der Waals surface area contributed by atoms with Crippen molar-refractivity contribution in [2.24, 2.45) is 5.41 Å². The minimum absolute atomic E-state index is 0.278. The van der Waals surface area contributed by atoms with Crippen molar-refractivity contribution in [2.75, 3.05) is 6.54 Å². The molecule has 2 rings (SSSR count). The van der Waals surface area contributed by atoms with Gasteiger partial charge in [-0.05, 0) is 37.2 Å². The van der Waals surface area contributed by atoms with E-state index in [1.807, 2.05) is 18.2 Å². The maximum atomic E-state index is 9.87. The zero-order valence-corrected chi connectivity index (χ0v) is 10.9. The third-order valence-corrected chi connectivity index (χ3v) is 4.15. The van der Waals surface area contributed by atoms with Crippen molar-refractivity contribution in [3.8, 4) is 5.75 Å². The lowest BCUT2D eigenvalue weighted by molar-refractivity contribution is 0.387. The smallest absolute Gasteiger partial charge is 0.120 e. The summed E-state index contributed by atoms with van der Waals surface area (Å²) in [5.74, 6) is 0.410. The Morgan fingerprint density at radius 2 is 2.00 bits per heavy atom. The molecule has 0 aromatic heterocycles. The summed E-state index contributed by atoms with van der Waals surface area (Å²) in [5.41, 5.74) is 1.58. The molecule has 0 spiro atoms. The van der Waals surface area contributed by atoms with Gasteiger partial charge in [-0.25, -0.2) is 0 Å². The highest BCUT2D eigenvalue weighted by Gasteiger charge is 2.40. The molecule has 1 unspecified atom stereocenters. The van der Waals surface area contributed by atoms with Gasteiger partial charge in [0, 0.05) is 18.2 Å². The van der Waals surface area contributed by atoms with Crippen molar-refractivity contribution in [1.29, 1.82) is 0 Å². The molecule has 1 aromatic rings. The first-order valence-electron chi connectivity index (χ1n) is 6.72. The molecule has 94 valence electrons. The number of benzene rings is 1. The van der Waals surface area contributed by atoms with Crippen LogP contribution < -0.4 is 5.32 Å². The van der Waals surface area contributed by atoms with Crippen molar-refractivity contribution in [1.82, 2.24) is 5.32 Å². The summed E-state index contributed by atoms with van der Waals surface area (Å²) in [6.07, 6.45) is 4.98. The lowest BCUT2D eigenvalue weighted by atomic mass is 10.00. The first-order valence-corrected chi connectivity index (χ1v) is 6.72. The van der Waals surface area contributed by atoms with Crippen LogP contribution in [0.4, 0.5) is 0 Å². The van der Waals surface area contributed by atoms with Crippen molar-refractivity contribution in [3.63, 3.8) is 0 Å². The maximum absolute atomic E-state index is 9.87. The Labute approximate surface area is 104 Å². The highest BCUT2D eigenvalue weighted by atomic mass is 16.3. The Balaban J connectivity index is 1.99. The minimum Gasteiger partial charge on any atom is -0.508 e. The summed E-state index contributed by atoms with van der Waals surface area (Å²) in [6.45, 7) is 5.52. The van der Waals surface area contributed by atoms with Gasteiger partial charge in [0.2, 0.25) is 0 Å². The molecule has 0 aliphatic heterocycles. The molecular weight excluding hydrogens is 210 g/mol. The molecule has 0 amide bonds. The van der Waals surface area contributed by atoms with Crippen LogP contribution in [0.3, 0.4) is 0 Å². The van der Waals surface area contributed by atoms with E-state index in [0.29, 0.717) is 11.2 Å². The predicted molar refractivity (Wildman–Crippen MR) is 71.1 cm³/mol. The Morgan fingerprint density at radius 1 is 1.29 bits per heavy atom. The fourth-order valence-electron chi connectivity index (χ4n) is 2.43. The molecule has 17 heavy (non-hydrogen) atoms. The van der Waals surface area contributed by atoms with Crippen molar-refractivity contribution in [2.45, 2.75) is 45.6 Å². The van der Waals surface area contributed by atoms with Crippen LogP contribution in [-0.4, -0.2) is 11.7 Å². The van der Waals surface area contributed by atoms with Gasteiger partial charge in [0.1, 0.15) is 5.75 Å². The molecule has 2 N–H and O–H groups in total. The molecule has 1 aliphatic rings. The highest BCUT2D eigenvalue weighted by Crippen LogP contribution is 2.48. The van der Waals surface area contributed by atoms with Gasteiger partial charge in [-0.15, -0.1) is 0 Å². The van der Waals surface area contributed by atoms with Crippen LogP contribution in [0, 0.1) is 5.41 Å². The van der Waals surface area contributed by atoms with Crippen molar-refractivity contribution in [3.05, 3.63) is 29.8 Å². The summed E-state index contributed by atoms with van der Waals surface area (Å²) in [5, 5.41) is 13.5. The molecule has 1 aliphatic carbocycles. The number of aromatic hydroxyl groups is 1. The molecule has 2 nitrogen and oxygen atoms in total. The standard InChI is InChI=1S/C15H23NO/c1-3-13(12-7-5-6-8-14(12)17)16-11-15(4-2)9-10-15/h5-8,13,16-17H,3-4,9-11H2,1-2H3. The first-order chi connectivity index (χ1) is 8.21. The quantitative estimate of drug-likeness (QED) is 0.786. The lowest BCUT2D eigenvalue weighted by Crippen LogP contribution is -2.27. The average molecular weight is 233 g/mol. The molecule has 2 heteroatoms. The number of para-hydroxylation sites is 1. The van der Waals surface area contributed by atoms with Gasteiger partial charge in [0.05, 0.1) is 0 Å². The van der Waals surface area contributed by atoms with Gasteiger partial charge in [0.25, 0.3) is 0 Å². The van der Waals surface area contributed by atoms with Crippen molar-refractivity contribution < 1.29 is 5.11 Å². The van der Waals surface area contributed by atoms with E-state index in [0.717, 1.165) is 18.5 Å². The van der Waals surface area contributed by atoms with Gasteiger partial charge in [-0.2, -0.15) is 0 Å². The zero-order chi connectivity index (χ0) is 12.3. The number of hydrogen-bond acceptors (Lipinski definition) is 2. The third-order valence-electron chi connectivity index (χ3n) is 4.15. The lowest BCUT2D eigenvalue weighted by Gasteiger charge is -2.22. The maximum Gasteiger partial charge on any atom is 0.120 e. The number of nitrogens with one attached hydrogen (secondary N) is 1. The Bertz CT molecular complexity index is 371. The number of phenols is 1. The largest absolute Gasteiger partial charge is 0.508 e. The Morgan fingerprint density at radius 3 is 2.53 bits per heavy atom. The monoisotopic (exact) mass is 233 g/mol. The Hall–Kier alpha value is -1.02. The van der Waals surface area contributed by atoms with E-state index in [-0.39, 0.29) is 6.04 Å². The summed E-state index contributed by atoms with van der Waals surface area (Å²) in [6, 6.07) is 7.93. The van der Waals surface area contributed by atoms with E-state index in [2.05, 4.69) is 19.2 Å². The van der Waals surface area contributed by atoms with Crippen LogP contribution in [0.25, 0.3) is 0 Å². The van der Waals surface area contributed by atoms with Crippen molar-refractivity contribution >= 4 is 0 Å². The summed E-state index contributed by atoms with van der Waals surface area (Å²) in [4.78, 5) is 0. The topological polar surface area (TPSA) is 32.3 Å². The first kappa shape index (κ1) is 12.4. The fourth-order valence-corrected chi connectivity index (χ4v) is 2.43. The van der Waals surface area contributed by atoms with Gasteiger partial charge in [-0.1, -0.05) is 32.0 Å². The van der Waals surface area contributed by atoms with Crippen LogP contribution in [0.2, 0.25) is 0 Å². The predicted octanol–water partition coefficient (Wildman–Crippen LogP) is 3.62. The van der Waals surface area contributed by atoms with Crippen LogP contribution in [-0.2, 0) is 0 Å². The molecule has 0 saturated heterocycles. The molecule has 0 heterocycles. The normalized spacial score (nSPS) is 18.9. The molecule has 1 aromatic carbocycles. The summed E-state index contributed by atoms with van der Waals surface area (Å²) < 4.78 is 0. The van der Waals surface area contributed by atoms with Gasteiger partial charge in [-0.3, -0.25) is 0 Å². The van der Waals surface area contributed by atoms with E-state index in [9.17, 15) is 5.11 Å². The SMILES string of the molecule is CCC(NCC1(CC)CC1)c1ccccc1O. The molecule has 0 bridgehead atoms. The van der Waals surface area contributed by atoms with Gasteiger partial charge in [0.15, 0.2) is 0 Å².